The van der Waals surface area contributed by atoms with Crippen LogP contribution in [0.15, 0.2) is 10.2 Å². The molecule has 15 heavy (non-hydrogen) atoms. The van der Waals surface area contributed by atoms with Gasteiger partial charge in [-0.1, -0.05) is 6.58 Å². The van der Waals surface area contributed by atoms with Gasteiger partial charge in [0.15, 0.2) is 0 Å². The van der Waals surface area contributed by atoms with Crippen LogP contribution in [0.5, 0.6) is 0 Å². The number of esters is 1. The Balaban J connectivity index is 4.85. The van der Waals surface area contributed by atoms with Gasteiger partial charge in [0.2, 0.25) is 0 Å². The van der Waals surface area contributed by atoms with Gasteiger partial charge in [-0.15, -0.1) is 0 Å². The monoisotopic (exact) mass is 348 g/mol. The van der Waals surface area contributed by atoms with Crippen LogP contribution in [0.3, 0.4) is 0 Å². The van der Waals surface area contributed by atoms with Crippen molar-refractivity contribution in [1.29, 1.82) is 0 Å². The summed E-state index contributed by atoms with van der Waals surface area (Å²) >= 11 is 1.15. The maximum absolute atomic E-state index is 11.8. The number of carbonyl (C=O) groups is 1. The number of rotatable bonds is 2. The second-order valence-electron chi connectivity index (χ2n) is 2.27. The Labute approximate surface area is 93.4 Å². The van der Waals surface area contributed by atoms with Crippen LogP contribution in [0.4, 0.5) is 26.3 Å². The van der Waals surface area contributed by atoms with Gasteiger partial charge in [0.1, 0.15) is 0 Å². The van der Waals surface area contributed by atoms with Gasteiger partial charge < -0.3 is 4.74 Å². The zero-order valence-electron chi connectivity index (χ0n) is 6.75. The first-order valence-corrected chi connectivity index (χ1v) is 4.23. The molecule has 0 unspecified atom stereocenters. The lowest BCUT2D eigenvalue weighted by Gasteiger charge is -2.22. The highest BCUT2D eigenvalue weighted by Gasteiger charge is 2.59. The number of alkyl halides is 6. The molecular weight excluding hydrogens is 345 g/mol. The summed E-state index contributed by atoms with van der Waals surface area (Å²) < 4.78 is 73.5. The number of hydrogen-bond acceptors (Lipinski definition) is 2. The molecule has 0 aromatic heterocycles. The average Bonchev–Trinajstić information content (AvgIpc) is 1.94. The predicted molar refractivity (Wildman–Crippen MR) is 45.1 cm³/mol. The fraction of sp³-hybridized carbons (Fsp3) is 0.500. The van der Waals surface area contributed by atoms with E-state index < -0.39 is 28.0 Å². The number of ether oxygens (including phenoxy) is 1. The Morgan fingerprint density at radius 2 is 1.47 bits per heavy atom. The Kier molecular flexibility index (Phi) is 4.43. The summed E-state index contributed by atoms with van der Waals surface area (Å²) in [5.41, 5.74) is 0. The van der Waals surface area contributed by atoms with Gasteiger partial charge in [-0.3, -0.25) is 0 Å². The average molecular weight is 348 g/mol. The molecule has 0 fully saturated rings. The Morgan fingerprint density at radius 1 is 1.13 bits per heavy atom. The molecule has 0 aromatic rings. The fourth-order valence-corrected chi connectivity index (χ4v) is 0.617. The van der Waals surface area contributed by atoms with Crippen LogP contribution in [0.1, 0.15) is 0 Å². The molecule has 0 rings (SSSR count). The summed E-state index contributed by atoms with van der Waals surface area (Å²) in [7, 11) is 0. The standard InChI is InChI=1S/C6H3F6IO2/c1-2(13)3(14)15-4(5(7,8)9)6(10,11)12/h4H,1H2. The van der Waals surface area contributed by atoms with Crippen LogP contribution in [0, 0.1) is 0 Å². The predicted octanol–water partition coefficient (Wildman–Crippen LogP) is 2.97. The first-order valence-electron chi connectivity index (χ1n) is 3.15. The molecule has 0 bridgehead atoms. The quantitative estimate of drug-likeness (QED) is 0.332. The van der Waals surface area contributed by atoms with E-state index in [2.05, 4.69) is 11.3 Å². The number of halogens is 7. The van der Waals surface area contributed by atoms with Crippen LogP contribution in [-0.2, 0) is 9.53 Å². The highest BCUT2D eigenvalue weighted by Crippen LogP contribution is 2.36. The fourth-order valence-electron chi connectivity index (χ4n) is 0.490. The smallest absolute Gasteiger partial charge is 0.434 e. The van der Waals surface area contributed by atoms with E-state index in [0.29, 0.717) is 0 Å². The van der Waals surface area contributed by atoms with Crippen molar-refractivity contribution in [2.45, 2.75) is 18.5 Å². The van der Waals surface area contributed by atoms with Crippen LogP contribution < -0.4 is 0 Å². The van der Waals surface area contributed by atoms with Crippen molar-refractivity contribution in [2.24, 2.45) is 0 Å². The Bertz CT molecular complexity index is 254. The molecule has 88 valence electrons. The molecule has 0 aliphatic carbocycles. The molecule has 0 saturated heterocycles. The Hall–Kier alpha value is -0.480. The molecule has 0 amide bonds. The number of hydrogen-bond donors (Lipinski definition) is 0. The van der Waals surface area contributed by atoms with Crippen LogP contribution in [0.25, 0.3) is 0 Å². The van der Waals surface area contributed by atoms with E-state index in [1.165, 1.54) is 0 Å². The van der Waals surface area contributed by atoms with Gasteiger partial charge in [-0.2, -0.15) is 26.3 Å². The summed E-state index contributed by atoms with van der Waals surface area (Å²) in [5.74, 6) is -1.75. The van der Waals surface area contributed by atoms with Crippen LogP contribution in [-0.4, -0.2) is 24.4 Å². The largest absolute Gasteiger partial charge is 0.439 e. The molecule has 0 N–H and O–H groups in total. The maximum atomic E-state index is 11.8. The van der Waals surface area contributed by atoms with Gasteiger partial charge in [0.25, 0.3) is 6.10 Å². The molecule has 2 nitrogen and oxygen atoms in total. The van der Waals surface area contributed by atoms with Gasteiger partial charge in [-0.05, 0) is 22.6 Å². The van der Waals surface area contributed by atoms with Gasteiger partial charge in [0.05, 0.1) is 3.58 Å². The van der Waals surface area contributed by atoms with Crippen LogP contribution >= 0.6 is 22.6 Å². The van der Waals surface area contributed by atoms with E-state index in [1.807, 2.05) is 0 Å². The van der Waals surface area contributed by atoms with E-state index >= 15 is 0 Å². The summed E-state index contributed by atoms with van der Waals surface area (Å²) in [6, 6.07) is 0. The third kappa shape index (κ3) is 4.71. The minimum atomic E-state index is -5.69. The van der Waals surface area contributed by atoms with Gasteiger partial charge in [0, 0.05) is 0 Å². The van der Waals surface area contributed by atoms with Crippen molar-refractivity contribution in [3.63, 3.8) is 0 Å². The highest BCUT2D eigenvalue weighted by molar-refractivity contribution is 14.1. The normalized spacial score (nSPS) is 12.8. The molecule has 0 aliphatic rings. The minimum absolute atomic E-state index is 0.578. The molecular formula is C6H3F6IO2. The summed E-state index contributed by atoms with van der Waals surface area (Å²) in [6.07, 6.45) is -15.5. The zero-order chi connectivity index (χ0) is 12.4. The van der Waals surface area contributed by atoms with Crippen molar-refractivity contribution in [3.8, 4) is 0 Å². The first-order chi connectivity index (χ1) is 6.46. The zero-order valence-corrected chi connectivity index (χ0v) is 8.90. The van der Waals surface area contributed by atoms with Crippen molar-refractivity contribution in [2.75, 3.05) is 0 Å². The first kappa shape index (κ1) is 14.5. The van der Waals surface area contributed by atoms with E-state index in [9.17, 15) is 31.1 Å². The number of carbonyl (C=O) groups excluding carboxylic acids is 1. The van der Waals surface area contributed by atoms with Crippen molar-refractivity contribution >= 4 is 28.6 Å². The molecule has 0 saturated carbocycles. The molecule has 0 spiro atoms. The SMILES string of the molecule is C=C(I)C(=O)OC(C(F)(F)F)C(F)(F)F. The third-order valence-corrected chi connectivity index (χ3v) is 1.48. The van der Waals surface area contributed by atoms with Crippen molar-refractivity contribution < 1.29 is 35.9 Å². The molecule has 0 heterocycles. The minimum Gasteiger partial charge on any atom is -0.439 e. The van der Waals surface area contributed by atoms with Gasteiger partial charge in [-0.25, -0.2) is 4.79 Å². The maximum Gasteiger partial charge on any atom is 0.434 e. The lowest BCUT2D eigenvalue weighted by Crippen LogP contribution is -2.45. The van der Waals surface area contributed by atoms with E-state index in [1.54, 1.807) is 0 Å². The van der Waals surface area contributed by atoms with Gasteiger partial charge >= 0.3 is 18.3 Å². The summed E-state index contributed by atoms with van der Waals surface area (Å²) in [5, 5.41) is 0. The highest BCUT2D eigenvalue weighted by atomic mass is 127. The Morgan fingerprint density at radius 3 is 1.67 bits per heavy atom. The van der Waals surface area contributed by atoms with E-state index in [4.69, 9.17) is 0 Å². The van der Waals surface area contributed by atoms with Crippen molar-refractivity contribution in [3.05, 3.63) is 10.2 Å². The van der Waals surface area contributed by atoms with Crippen LogP contribution in [0.2, 0.25) is 0 Å². The second kappa shape index (κ2) is 4.58. The molecule has 9 heteroatoms. The van der Waals surface area contributed by atoms with Crippen molar-refractivity contribution in [1.82, 2.24) is 0 Å². The lowest BCUT2D eigenvalue weighted by molar-refractivity contribution is -0.312. The molecule has 0 aromatic carbocycles. The van der Waals surface area contributed by atoms with E-state index in [-0.39, 0.29) is 0 Å². The second-order valence-corrected chi connectivity index (χ2v) is 3.58. The lowest BCUT2D eigenvalue weighted by atomic mass is 10.3. The topological polar surface area (TPSA) is 26.3 Å². The molecule has 0 radical (unpaired) electrons. The summed E-state index contributed by atoms with van der Waals surface area (Å²) in [4.78, 5) is 10.5. The van der Waals surface area contributed by atoms with E-state index in [0.717, 1.165) is 22.6 Å². The third-order valence-electron chi connectivity index (χ3n) is 1.04. The molecule has 0 atom stereocenters. The summed E-state index contributed by atoms with van der Waals surface area (Å²) in [6.45, 7) is 2.85. The molecule has 0 aliphatic heterocycles.